The number of nitrogens with two attached hydrogens (primary N) is 1. The van der Waals surface area contributed by atoms with Crippen LogP contribution in [-0.2, 0) is 12.8 Å². The van der Waals surface area contributed by atoms with Gasteiger partial charge in [0, 0.05) is 18.2 Å². The third kappa shape index (κ3) is 3.50. The fourth-order valence-corrected chi connectivity index (χ4v) is 4.20. The minimum Gasteiger partial charge on any atom is -0.324 e. The van der Waals surface area contributed by atoms with Gasteiger partial charge in [-0.15, -0.1) is 0 Å². The van der Waals surface area contributed by atoms with Crippen molar-refractivity contribution in [2.75, 3.05) is 6.54 Å². The van der Waals surface area contributed by atoms with Gasteiger partial charge in [0.05, 0.1) is 23.6 Å². The van der Waals surface area contributed by atoms with E-state index in [2.05, 4.69) is 36.5 Å². The molecule has 27 heavy (non-hydrogen) atoms. The maximum Gasteiger partial charge on any atom is 0.0923 e. The number of aromatic nitrogens is 1. The van der Waals surface area contributed by atoms with E-state index in [-0.39, 0.29) is 12.0 Å². The summed E-state index contributed by atoms with van der Waals surface area (Å²) in [7, 11) is 0. The highest BCUT2D eigenvalue weighted by atomic mass is 14.8. The number of nitrogens with one attached hydrogen (secondary N) is 1. The minimum absolute atomic E-state index is 0.0759. The summed E-state index contributed by atoms with van der Waals surface area (Å²) < 4.78 is 0. The zero-order valence-electron chi connectivity index (χ0n) is 15.6. The molecular weight excluding hydrogens is 332 g/mol. The van der Waals surface area contributed by atoms with Gasteiger partial charge in [-0.25, -0.2) is 4.98 Å². The predicted molar refractivity (Wildman–Crippen MR) is 113 cm³/mol. The Morgan fingerprint density at radius 3 is 2.70 bits per heavy atom. The Kier molecular flexibility index (Phi) is 5.26. The van der Waals surface area contributed by atoms with Gasteiger partial charge in [0.15, 0.2) is 0 Å². The van der Waals surface area contributed by atoms with E-state index in [4.69, 9.17) is 21.1 Å². The highest BCUT2D eigenvalue weighted by Crippen LogP contribution is 2.36. The highest BCUT2D eigenvalue weighted by molar-refractivity contribution is 6.09. The molecule has 138 valence electrons. The van der Waals surface area contributed by atoms with E-state index in [1.807, 2.05) is 12.2 Å². The normalized spacial score (nSPS) is 27.7. The Bertz CT molecular complexity index is 886. The van der Waals surface area contributed by atoms with Gasteiger partial charge in [-0.1, -0.05) is 36.5 Å². The average molecular weight is 358 g/mol. The molecule has 1 aromatic heterocycles. The Hall–Kier alpha value is -2.59. The summed E-state index contributed by atoms with van der Waals surface area (Å²) in [6, 6.07) is -0.142. The van der Waals surface area contributed by atoms with Crippen LogP contribution in [0.15, 0.2) is 47.5 Å². The summed E-state index contributed by atoms with van der Waals surface area (Å²) in [6.07, 6.45) is 23.4. The Morgan fingerprint density at radius 2 is 1.85 bits per heavy atom. The smallest absolute Gasteiger partial charge is 0.0923 e. The summed E-state index contributed by atoms with van der Waals surface area (Å²) in [5.41, 5.74) is 13.1. The van der Waals surface area contributed by atoms with Crippen molar-refractivity contribution in [1.82, 2.24) is 4.98 Å². The first-order valence-electron chi connectivity index (χ1n) is 9.82. The molecule has 2 aliphatic carbocycles. The van der Waals surface area contributed by atoms with Gasteiger partial charge in [0.1, 0.15) is 0 Å². The van der Waals surface area contributed by atoms with Gasteiger partial charge in [-0.3, -0.25) is 4.99 Å². The Labute approximate surface area is 160 Å². The molecule has 4 heteroatoms. The molecule has 3 N–H and O–H groups in total. The van der Waals surface area contributed by atoms with Crippen LogP contribution in [0.4, 0.5) is 0 Å². The van der Waals surface area contributed by atoms with E-state index >= 15 is 0 Å². The topological polar surface area (TPSA) is 75.1 Å². The van der Waals surface area contributed by atoms with Crippen LogP contribution in [0.5, 0.6) is 0 Å². The molecule has 0 saturated carbocycles. The molecule has 0 bridgehead atoms. The van der Waals surface area contributed by atoms with Crippen molar-refractivity contribution in [3.05, 3.63) is 70.6 Å². The van der Waals surface area contributed by atoms with E-state index in [9.17, 15) is 0 Å². The van der Waals surface area contributed by atoms with Crippen LogP contribution in [0.1, 0.15) is 53.3 Å². The molecular formula is C23H26N4. The van der Waals surface area contributed by atoms with Crippen LogP contribution in [0.2, 0.25) is 0 Å². The van der Waals surface area contributed by atoms with Gasteiger partial charge in [-0.05, 0) is 60.9 Å². The van der Waals surface area contributed by atoms with Crippen molar-refractivity contribution in [1.29, 1.82) is 5.41 Å². The second-order valence-electron chi connectivity index (χ2n) is 7.27. The molecule has 3 aliphatic rings. The molecule has 0 saturated heterocycles. The lowest BCUT2D eigenvalue weighted by molar-refractivity contribution is 0.654. The van der Waals surface area contributed by atoms with E-state index in [0.717, 1.165) is 36.4 Å². The van der Waals surface area contributed by atoms with E-state index in [1.165, 1.54) is 35.7 Å². The molecule has 0 fully saturated rings. The maximum absolute atomic E-state index is 7.91. The second kappa shape index (κ2) is 7.97. The lowest BCUT2D eigenvalue weighted by Crippen LogP contribution is -2.32. The SMILES string of the molecule is N=CC1c2c(nc(C3=NC/C=C\C=C/C/C=C\3)c3c2CCCC3)C=CC1N. The van der Waals surface area contributed by atoms with Crippen LogP contribution in [-0.4, -0.2) is 29.5 Å². The summed E-state index contributed by atoms with van der Waals surface area (Å²) >= 11 is 0. The van der Waals surface area contributed by atoms with Crippen molar-refractivity contribution < 1.29 is 0 Å². The Balaban J connectivity index is 1.88. The monoisotopic (exact) mass is 358 g/mol. The molecule has 0 spiro atoms. The van der Waals surface area contributed by atoms with Crippen molar-refractivity contribution in [3.8, 4) is 0 Å². The van der Waals surface area contributed by atoms with Gasteiger partial charge in [0.25, 0.3) is 0 Å². The third-order valence-electron chi connectivity index (χ3n) is 5.53. The van der Waals surface area contributed by atoms with E-state index in [0.29, 0.717) is 6.54 Å². The lowest BCUT2D eigenvalue weighted by Gasteiger charge is -2.30. The summed E-state index contributed by atoms with van der Waals surface area (Å²) in [5, 5.41) is 7.91. The van der Waals surface area contributed by atoms with Crippen molar-refractivity contribution in [2.24, 2.45) is 10.7 Å². The first-order valence-corrected chi connectivity index (χ1v) is 9.82. The predicted octanol–water partition coefficient (Wildman–Crippen LogP) is 3.91. The van der Waals surface area contributed by atoms with Gasteiger partial charge >= 0.3 is 0 Å². The van der Waals surface area contributed by atoms with Crippen molar-refractivity contribution in [2.45, 2.75) is 44.1 Å². The van der Waals surface area contributed by atoms with Gasteiger partial charge in [-0.2, -0.15) is 0 Å². The molecule has 0 aromatic carbocycles. The summed E-state index contributed by atoms with van der Waals surface area (Å²) in [5.74, 6) is -0.0759. The number of pyridine rings is 1. The Morgan fingerprint density at radius 1 is 1.04 bits per heavy atom. The number of allylic oxidation sites excluding steroid dienone is 5. The largest absolute Gasteiger partial charge is 0.324 e. The molecule has 4 nitrogen and oxygen atoms in total. The number of hydrogen-bond acceptors (Lipinski definition) is 4. The number of aliphatic imine (C=N–C) groups is 1. The van der Waals surface area contributed by atoms with E-state index < -0.39 is 0 Å². The average Bonchev–Trinajstić information content (AvgIpc) is 2.71. The fourth-order valence-electron chi connectivity index (χ4n) is 4.20. The first kappa shape index (κ1) is 17.8. The molecule has 1 aromatic rings. The van der Waals surface area contributed by atoms with Crippen molar-refractivity contribution >= 4 is 18.0 Å². The molecule has 0 radical (unpaired) electrons. The minimum atomic E-state index is -0.142. The molecule has 2 atom stereocenters. The van der Waals surface area contributed by atoms with Crippen LogP contribution in [0.3, 0.4) is 0 Å². The highest BCUT2D eigenvalue weighted by Gasteiger charge is 2.30. The first-order chi connectivity index (χ1) is 13.3. The number of hydrogen-bond donors (Lipinski definition) is 2. The quantitative estimate of drug-likeness (QED) is 0.787. The second-order valence-corrected chi connectivity index (χ2v) is 7.27. The van der Waals surface area contributed by atoms with Crippen LogP contribution < -0.4 is 5.73 Å². The zero-order chi connectivity index (χ0) is 18.6. The maximum atomic E-state index is 7.91. The number of nitrogens with zero attached hydrogens (tertiary/aromatic N) is 2. The molecule has 2 heterocycles. The molecule has 1 aliphatic heterocycles. The van der Waals surface area contributed by atoms with Crippen LogP contribution >= 0.6 is 0 Å². The van der Waals surface area contributed by atoms with Gasteiger partial charge < -0.3 is 11.1 Å². The number of fused-ring (bicyclic) bond motifs is 3. The fraction of sp³-hybridized carbons (Fsp3) is 0.348. The lowest BCUT2D eigenvalue weighted by atomic mass is 9.77. The van der Waals surface area contributed by atoms with Gasteiger partial charge in [0.2, 0.25) is 0 Å². The molecule has 2 unspecified atom stereocenters. The molecule has 4 rings (SSSR count). The molecule has 0 amide bonds. The summed E-state index contributed by atoms with van der Waals surface area (Å²) in [4.78, 5) is 9.86. The standard InChI is InChI=1S/C23H26N4/c24-15-18-19(25)12-13-20-22(18)16-9-6-7-10-17(16)23(27-20)21-11-5-3-1-2-4-8-14-26-21/h1-2,4-5,8,11-13,15,18-19,24H,3,6-7,9-10,14,25H2/b2-1-,8-4-,11-5-,24-15?,26-21?. The van der Waals surface area contributed by atoms with Crippen LogP contribution in [0, 0.1) is 5.41 Å². The van der Waals surface area contributed by atoms with Crippen molar-refractivity contribution in [3.63, 3.8) is 0 Å². The third-order valence-corrected chi connectivity index (χ3v) is 5.53. The van der Waals surface area contributed by atoms with Crippen LogP contribution in [0.25, 0.3) is 6.08 Å². The van der Waals surface area contributed by atoms with E-state index in [1.54, 1.807) is 0 Å². The number of rotatable bonds is 2. The summed E-state index contributed by atoms with van der Waals surface area (Å²) in [6.45, 7) is 0.654. The zero-order valence-corrected chi connectivity index (χ0v) is 15.6.